The first-order chi connectivity index (χ1) is 14.6. The molecule has 0 amide bonds. The molecule has 0 saturated carbocycles. The number of hydrogen-bond donors (Lipinski definition) is 0. The highest BCUT2D eigenvalue weighted by atomic mass is 35.5. The van der Waals surface area contributed by atoms with Crippen molar-refractivity contribution in [2.24, 2.45) is 0 Å². The maximum Gasteiger partial charge on any atom is 0.321 e. The summed E-state index contributed by atoms with van der Waals surface area (Å²) in [4.78, 5) is 26.1. The van der Waals surface area contributed by atoms with E-state index in [0.29, 0.717) is 22.8 Å². The molecule has 0 bridgehead atoms. The Labute approximate surface area is 186 Å². The van der Waals surface area contributed by atoms with Crippen molar-refractivity contribution in [3.05, 3.63) is 70.2 Å². The summed E-state index contributed by atoms with van der Waals surface area (Å²) < 4.78 is 13.5. The molecule has 162 valence electrons. The van der Waals surface area contributed by atoms with Gasteiger partial charge in [-0.25, -0.2) is 0 Å². The van der Waals surface area contributed by atoms with Crippen LogP contribution in [-0.2, 0) is 14.1 Å². The van der Waals surface area contributed by atoms with Crippen LogP contribution in [0.25, 0.3) is 0 Å². The summed E-state index contributed by atoms with van der Waals surface area (Å²) >= 11 is 6.27. The zero-order valence-corrected chi connectivity index (χ0v) is 19.4. The molecule has 6 heteroatoms. The molecular formula is C24H30ClO4P. The molecule has 0 aliphatic heterocycles. The molecule has 2 aromatic carbocycles. The van der Waals surface area contributed by atoms with Gasteiger partial charge in [-0.15, -0.1) is 0 Å². The van der Waals surface area contributed by atoms with E-state index in [1.807, 2.05) is 31.2 Å². The summed E-state index contributed by atoms with van der Waals surface area (Å²) in [5, 5.41) is 0.356. The molecule has 0 spiro atoms. The Balaban J connectivity index is 0.00000218. The SMILES string of the molecule is CCCCCCCCOC(=O)C(C(=O)c1c(C)cccc1Cl)c1ccccc1.O=P. The minimum atomic E-state index is -1.00. The molecule has 0 saturated heterocycles. The highest BCUT2D eigenvalue weighted by molar-refractivity contribution is 7.00. The number of benzene rings is 2. The van der Waals surface area contributed by atoms with E-state index in [1.54, 1.807) is 33.4 Å². The number of rotatable bonds is 11. The van der Waals surface area contributed by atoms with E-state index in [0.717, 1.165) is 24.8 Å². The number of Topliss-reactive ketones (excluding diaryl/α,β-unsaturated/α-hetero) is 1. The second-order valence-corrected chi connectivity index (χ2v) is 7.48. The first kappa shape index (κ1) is 26.0. The van der Waals surface area contributed by atoms with Gasteiger partial charge in [0.1, 0.15) is 15.0 Å². The van der Waals surface area contributed by atoms with Crippen LogP contribution in [-0.4, -0.2) is 18.4 Å². The molecule has 0 aromatic heterocycles. The van der Waals surface area contributed by atoms with Crippen molar-refractivity contribution in [1.82, 2.24) is 0 Å². The molecule has 1 atom stereocenters. The van der Waals surface area contributed by atoms with Crippen LogP contribution in [0.2, 0.25) is 5.02 Å². The van der Waals surface area contributed by atoms with E-state index in [9.17, 15) is 9.59 Å². The maximum absolute atomic E-state index is 13.3. The first-order valence-corrected chi connectivity index (χ1v) is 11.1. The number of carbonyl (C=O) groups excluding carboxylic acids is 2. The highest BCUT2D eigenvalue weighted by Gasteiger charge is 2.32. The third-order valence-corrected chi connectivity index (χ3v) is 5.16. The summed E-state index contributed by atoms with van der Waals surface area (Å²) in [7, 11) is 1.72. The van der Waals surface area contributed by atoms with Gasteiger partial charge in [0.2, 0.25) is 0 Å². The fraction of sp³-hybridized carbons (Fsp3) is 0.417. The normalized spacial score (nSPS) is 11.2. The largest absolute Gasteiger partial charge is 0.465 e. The van der Waals surface area contributed by atoms with Crippen molar-refractivity contribution < 1.29 is 18.9 Å². The third-order valence-electron chi connectivity index (χ3n) is 4.84. The number of hydrogen-bond acceptors (Lipinski definition) is 4. The monoisotopic (exact) mass is 448 g/mol. The predicted molar refractivity (Wildman–Crippen MR) is 123 cm³/mol. The molecule has 2 aromatic rings. The number of unbranched alkanes of at least 4 members (excludes halogenated alkanes) is 5. The van der Waals surface area contributed by atoms with Gasteiger partial charge in [0.25, 0.3) is 0 Å². The Bertz CT molecular complexity index is 775. The average Bonchev–Trinajstić information content (AvgIpc) is 2.75. The predicted octanol–water partition coefficient (Wildman–Crippen LogP) is 6.99. The summed E-state index contributed by atoms with van der Waals surface area (Å²) in [6.07, 6.45) is 6.64. The fourth-order valence-electron chi connectivity index (χ4n) is 3.27. The van der Waals surface area contributed by atoms with Crippen LogP contribution in [0.5, 0.6) is 0 Å². The lowest BCUT2D eigenvalue weighted by molar-refractivity contribution is -0.144. The topological polar surface area (TPSA) is 60.4 Å². The van der Waals surface area contributed by atoms with E-state index in [4.69, 9.17) is 20.9 Å². The van der Waals surface area contributed by atoms with E-state index in [-0.39, 0.29) is 5.78 Å². The van der Waals surface area contributed by atoms with Crippen LogP contribution >= 0.6 is 20.7 Å². The van der Waals surface area contributed by atoms with Crippen molar-refractivity contribution in [1.29, 1.82) is 0 Å². The van der Waals surface area contributed by atoms with E-state index >= 15 is 0 Å². The van der Waals surface area contributed by atoms with Crippen molar-refractivity contribution >= 4 is 32.5 Å². The Morgan fingerprint density at radius 2 is 1.57 bits per heavy atom. The lowest BCUT2D eigenvalue weighted by Crippen LogP contribution is -2.25. The number of halogens is 1. The van der Waals surface area contributed by atoms with Crippen molar-refractivity contribution in [3.8, 4) is 0 Å². The Morgan fingerprint density at radius 1 is 0.933 bits per heavy atom. The Hall–Kier alpha value is -2.03. The van der Waals surface area contributed by atoms with Gasteiger partial charge in [-0.3, -0.25) is 14.2 Å². The van der Waals surface area contributed by atoms with Gasteiger partial charge >= 0.3 is 5.97 Å². The fourth-order valence-corrected chi connectivity index (χ4v) is 3.58. The second kappa shape index (κ2) is 14.9. The van der Waals surface area contributed by atoms with Gasteiger partial charge in [-0.05, 0) is 30.5 Å². The summed E-state index contributed by atoms with van der Waals surface area (Å²) in [5.74, 6) is -1.83. The highest BCUT2D eigenvalue weighted by Crippen LogP contribution is 2.29. The lowest BCUT2D eigenvalue weighted by atomic mass is 9.89. The Morgan fingerprint density at radius 3 is 2.20 bits per heavy atom. The van der Waals surface area contributed by atoms with Gasteiger partial charge in [0.15, 0.2) is 5.78 Å². The number of esters is 1. The van der Waals surface area contributed by atoms with Crippen LogP contribution in [0.15, 0.2) is 48.5 Å². The number of carbonyl (C=O) groups is 2. The zero-order valence-electron chi connectivity index (χ0n) is 17.7. The third kappa shape index (κ3) is 8.01. The Kier molecular flexibility index (Phi) is 12.9. The van der Waals surface area contributed by atoms with Crippen LogP contribution in [0, 0.1) is 6.92 Å². The molecule has 30 heavy (non-hydrogen) atoms. The molecule has 0 fully saturated rings. The van der Waals surface area contributed by atoms with Crippen LogP contribution < -0.4 is 0 Å². The van der Waals surface area contributed by atoms with Gasteiger partial charge in [0.05, 0.1) is 11.6 Å². The van der Waals surface area contributed by atoms with Crippen molar-refractivity contribution in [3.63, 3.8) is 0 Å². The number of aryl methyl sites for hydroxylation is 1. The molecule has 2 rings (SSSR count). The van der Waals surface area contributed by atoms with E-state index < -0.39 is 11.9 Å². The summed E-state index contributed by atoms with van der Waals surface area (Å²) in [5.41, 5.74) is 1.76. The molecule has 0 N–H and O–H groups in total. The lowest BCUT2D eigenvalue weighted by Gasteiger charge is -2.17. The molecule has 4 nitrogen and oxygen atoms in total. The van der Waals surface area contributed by atoms with E-state index in [2.05, 4.69) is 6.92 Å². The molecule has 0 aliphatic rings. The molecular weight excluding hydrogens is 419 g/mol. The number of ether oxygens (including phenoxy) is 1. The average molecular weight is 449 g/mol. The minimum absolute atomic E-state index is 0.317. The standard InChI is InChI=1S/C24H29ClO3.HOP/c1-3-4-5-6-7-11-17-28-24(27)22(19-14-9-8-10-15-19)23(26)21-18(2)13-12-16-20(21)25;1-2/h8-10,12-16,22H,3-7,11,17H2,1-2H3;2H. The second-order valence-electron chi connectivity index (χ2n) is 7.07. The molecule has 1 unspecified atom stereocenters. The van der Waals surface area contributed by atoms with Crippen molar-refractivity contribution in [2.75, 3.05) is 6.61 Å². The number of ketones is 1. The van der Waals surface area contributed by atoms with Gasteiger partial charge in [0, 0.05) is 5.56 Å². The minimum Gasteiger partial charge on any atom is -0.465 e. The molecule has 0 radical (unpaired) electrons. The smallest absolute Gasteiger partial charge is 0.321 e. The van der Waals surface area contributed by atoms with Crippen LogP contribution in [0.1, 0.15) is 72.9 Å². The summed E-state index contributed by atoms with van der Waals surface area (Å²) in [6, 6.07) is 14.3. The quantitative estimate of drug-likeness (QED) is 0.122. The van der Waals surface area contributed by atoms with Crippen molar-refractivity contribution in [2.45, 2.75) is 58.3 Å². The zero-order chi connectivity index (χ0) is 22.4. The van der Waals surface area contributed by atoms with Gasteiger partial charge in [-0.2, -0.15) is 0 Å². The maximum atomic E-state index is 13.3. The summed E-state index contributed by atoms with van der Waals surface area (Å²) in [6.45, 7) is 4.34. The first-order valence-electron chi connectivity index (χ1n) is 10.3. The van der Waals surface area contributed by atoms with Crippen LogP contribution in [0.4, 0.5) is 0 Å². The molecule has 0 heterocycles. The van der Waals surface area contributed by atoms with Crippen LogP contribution in [0.3, 0.4) is 0 Å². The van der Waals surface area contributed by atoms with Gasteiger partial charge < -0.3 is 4.74 Å². The molecule has 0 aliphatic carbocycles. The van der Waals surface area contributed by atoms with E-state index in [1.165, 1.54) is 19.3 Å². The van der Waals surface area contributed by atoms with Gasteiger partial charge in [-0.1, -0.05) is 93.1 Å².